The van der Waals surface area contributed by atoms with Crippen molar-refractivity contribution in [2.75, 3.05) is 0 Å². The Balaban J connectivity index is 2.36. The molecule has 1 saturated carbocycles. The lowest BCUT2D eigenvalue weighted by molar-refractivity contribution is 0.247. The van der Waals surface area contributed by atoms with Crippen LogP contribution < -0.4 is 5.73 Å². The van der Waals surface area contributed by atoms with E-state index in [0.29, 0.717) is 0 Å². The molecule has 0 heterocycles. The molecular formula is C16H25N. The molecule has 1 nitrogen and oxygen atoms in total. The Morgan fingerprint density at radius 1 is 1.00 bits per heavy atom. The highest BCUT2D eigenvalue weighted by Crippen LogP contribution is 2.39. The van der Waals surface area contributed by atoms with E-state index in [2.05, 4.69) is 39.8 Å². The maximum absolute atomic E-state index is 6.66. The van der Waals surface area contributed by atoms with Crippen molar-refractivity contribution in [3.8, 4) is 0 Å². The number of benzene rings is 1. The summed E-state index contributed by atoms with van der Waals surface area (Å²) in [6.45, 7) is 8.91. The van der Waals surface area contributed by atoms with Gasteiger partial charge in [0.2, 0.25) is 0 Å². The Labute approximate surface area is 105 Å². The van der Waals surface area contributed by atoms with Crippen LogP contribution in [0.2, 0.25) is 0 Å². The molecule has 1 aliphatic rings. The van der Waals surface area contributed by atoms with Gasteiger partial charge in [-0.1, -0.05) is 19.1 Å². The van der Waals surface area contributed by atoms with Crippen molar-refractivity contribution in [2.45, 2.75) is 58.9 Å². The fraction of sp³-hybridized carbons (Fsp3) is 0.625. The lowest BCUT2D eigenvalue weighted by Gasteiger charge is -2.38. The minimum absolute atomic E-state index is 0.0744. The maximum Gasteiger partial charge on any atom is 0.0412 e. The quantitative estimate of drug-likeness (QED) is 0.777. The minimum Gasteiger partial charge on any atom is -0.321 e. The van der Waals surface area contributed by atoms with Gasteiger partial charge in [0.1, 0.15) is 0 Å². The van der Waals surface area contributed by atoms with Crippen molar-refractivity contribution in [2.24, 2.45) is 11.7 Å². The Morgan fingerprint density at radius 3 is 2.12 bits per heavy atom. The molecule has 1 aromatic rings. The van der Waals surface area contributed by atoms with Gasteiger partial charge in [-0.3, -0.25) is 0 Å². The first-order valence-corrected chi connectivity index (χ1v) is 6.79. The zero-order chi connectivity index (χ0) is 12.6. The van der Waals surface area contributed by atoms with Crippen molar-refractivity contribution < 1.29 is 0 Å². The summed E-state index contributed by atoms with van der Waals surface area (Å²) in [5, 5.41) is 0. The molecule has 1 heteroatoms. The van der Waals surface area contributed by atoms with Crippen LogP contribution in [0.25, 0.3) is 0 Å². The molecule has 0 aromatic heterocycles. The van der Waals surface area contributed by atoms with Gasteiger partial charge in [0, 0.05) is 5.54 Å². The second kappa shape index (κ2) is 4.45. The topological polar surface area (TPSA) is 26.0 Å². The van der Waals surface area contributed by atoms with Crippen molar-refractivity contribution in [1.29, 1.82) is 0 Å². The summed E-state index contributed by atoms with van der Waals surface area (Å²) in [4.78, 5) is 0. The van der Waals surface area contributed by atoms with Gasteiger partial charge in [0.15, 0.2) is 0 Å². The Morgan fingerprint density at radius 2 is 1.53 bits per heavy atom. The van der Waals surface area contributed by atoms with Gasteiger partial charge in [-0.2, -0.15) is 0 Å². The molecule has 0 spiro atoms. The van der Waals surface area contributed by atoms with Crippen LogP contribution in [0, 0.1) is 26.7 Å². The predicted molar refractivity (Wildman–Crippen MR) is 74.2 cm³/mol. The number of hydrogen-bond acceptors (Lipinski definition) is 1. The Bertz CT molecular complexity index is 412. The van der Waals surface area contributed by atoms with Gasteiger partial charge < -0.3 is 5.73 Å². The second-order valence-electron chi connectivity index (χ2n) is 6.09. The SMILES string of the molecule is Cc1cc(C)c(C2(N)CCC(C)CC2)cc1C. The number of rotatable bonds is 1. The van der Waals surface area contributed by atoms with Crippen LogP contribution in [0.3, 0.4) is 0 Å². The number of nitrogens with two attached hydrogens (primary N) is 1. The molecule has 1 aliphatic carbocycles. The van der Waals surface area contributed by atoms with Crippen LogP contribution in [0.5, 0.6) is 0 Å². The van der Waals surface area contributed by atoms with Gasteiger partial charge in [-0.15, -0.1) is 0 Å². The van der Waals surface area contributed by atoms with Gasteiger partial charge in [-0.05, 0) is 74.6 Å². The minimum atomic E-state index is -0.0744. The van der Waals surface area contributed by atoms with Crippen molar-refractivity contribution >= 4 is 0 Å². The summed E-state index contributed by atoms with van der Waals surface area (Å²) in [6, 6.07) is 4.61. The fourth-order valence-corrected chi connectivity index (χ4v) is 3.04. The molecule has 1 aromatic carbocycles. The molecule has 0 amide bonds. The molecule has 2 rings (SSSR count). The van der Waals surface area contributed by atoms with Gasteiger partial charge >= 0.3 is 0 Å². The summed E-state index contributed by atoms with van der Waals surface area (Å²) < 4.78 is 0. The van der Waals surface area contributed by atoms with E-state index in [1.54, 1.807) is 0 Å². The third-order valence-electron chi connectivity index (χ3n) is 4.54. The average molecular weight is 231 g/mol. The molecule has 94 valence electrons. The van der Waals surface area contributed by atoms with E-state index in [1.165, 1.54) is 35.1 Å². The van der Waals surface area contributed by atoms with Crippen molar-refractivity contribution in [3.05, 3.63) is 34.4 Å². The number of hydrogen-bond donors (Lipinski definition) is 1. The molecule has 0 atom stereocenters. The highest BCUT2D eigenvalue weighted by Gasteiger charge is 2.33. The molecule has 0 bridgehead atoms. The Kier molecular flexibility index (Phi) is 3.31. The largest absolute Gasteiger partial charge is 0.321 e. The van der Waals surface area contributed by atoms with Crippen LogP contribution in [-0.4, -0.2) is 0 Å². The molecule has 2 N–H and O–H groups in total. The highest BCUT2D eigenvalue weighted by molar-refractivity contribution is 5.40. The highest BCUT2D eigenvalue weighted by atomic mass is 14.7. The molecular weight excluding hydrogens is 206 g/mol. The van der Waals surface area contributed by atoms with Crippen LogP contribution >= 0.6 is 0 Å². The van der Waals surface area contributed by atoms with E-state index in [4.69, 9.17) is 5.73 Å². The van der Waals surface area contributed by atoms with Crippen LogP contribution in [0.1, 0.15) is 54.9 Å². The second-order valence-corrected chi connectivity index (χ2v) is 6.09. The summed E-state index contributed by atoms with van der Waals surface area (Å²) in [5.74, 6) is 0.846. The van der Waals surface area contributed by atoms with E-state index in [9.17, 15) is 0 Å². The van der Waals surface area contributed by atoms with E-state index in [0.717, 1.165) is 18.8 Å². The third-order valence-corrected chi connectivity index (χ3v) is 4.54. The maximum atomic E-state index is 6.66. The molecule has 0 radical (unpaired) electrons. The number of aryl methyl sites for hydroxylation is 3. The van der Waals surface area contributed by atoms with E-state index >= 15 is 0 Å². The molecule has 17 heavy (non-hydrogen) atoms. The first-order valence-electron chi connectivity index (χ1n) is 6.79. The smallest absolute Gasteiger partial charge is 0.0412 e. The third kappa shape index (κ3) is 2.40. The Hall–Kier alpha value is -0.820. The summed E-state index contributed by atoms with van der Waals surface area (Å²) in [7, 11) is 0. The van der Waals surface area contributed by atoms with Crippen LogP contribution in [-0.2, 0) is 5.54 Å². The standard InChI is InChI=1S/C16H25N/c1-11-5-7-16(17,8-6-11)15-10-13(3)12(2)9-14(15)4/h9-11H,5-8,17H2,1-4H3. The molecule has 1 fully saturated rings. The molecule has 0 aliphatic heterocycles. The first-order chi connectivity index (χ1) is 7.92. The van der Waals surface area contributed by atoms with E-state index in [-0.39, 0.29) is 5.54 Å². The van der Waals surface area contributed by atoms with Gasteiger partial charge in [-0.25, -0.2) is 0 Å². The van der Waals surface area contributed by atoms with Crippen molar-refractivity contribution in [1.82, 2.24) is 0 Å². The summed E-state index contributed by atoms with van der Waals surface area (Å²) >= 11 is 0. The zero-order valence-corrected chi connectivity index (χ0v) is 11.6. The molecule has 0 saturated heterocycles. The average Bonchev–Trinajstić information content (AvgIpc) is 2.28. The monoisotopic (exact) mass is 231 g/mol. The predicted octanol–water partition coefficient (Wildman–Crippen LogP) is 3.98. The normalized spacial score (nSPS) is 29.4. The summed E-state index contributed by atoms with van der Waals surface area (Å²) in [6.07, 6.45) is 4.81. The van der Waals surface area contributed by atoms with Gasteiger partial charge in [0.25, 0.3) is 0 Å². The lowest BCUT2D eigenvalue weighted by Crippen LogP contribution is -2.40. The van der Waals surface area contributed by atoms with Crippen LogP contribution in [0.4, 0.5) is 0 Å². The van der Waals surface area contributed by atoms with Gasteiger partial charge in [0.05, 0.1) is 0 Å². The fourth-order valence-electron chi connectivity index (χ4n) is 3.04. The summed E-state index contributed by atoms with van der Waals surface area (Å²) in [5.41, 5.74) is 12.1. The first kappa shape index (κ1) is 12.6. The molecule has 0 unspecified atom stereocenters. The zero-order valence-electron chi connectivity index (χ0n) is 11.6. The van der Waals surface area contributed by atoms with Crippen molar-refractivity contribution in [3.63, 3.8) is 0 Å². The van der Waals surface area contributed by atoms with E-state index < -0.39 is 0 Å². The van der Waals surface area contributed by atoms with Crippen LogP contribution in [0.15, 0.2) is 12.1 Å². The lowest BCUT2D eigenvalue weighted by atomic mass is 9.72. The van der Waals surface area contributed by atoms with E-state index in [1.807, 2.05) is 0 Å².